The van der Waals surface area contributed by atoms with Crippen LogP contribution in [-0.4, -0.2) is 12.5 Å². The van der Waals surface area contributed by atoms with Crippen LogP contribution in [0.25, 0.3) is 0 Å². The second kappa shape index (κ2) is 10.7. The summed E-state index contributed by atoms with van der Waals surface area (Å²) >= 11 is 5.64. The molecular weight excluding hydrogens is 282 g/mol. The molecule has 1 aromatic carbocycles. The van der Waals surface area contributed by atoms with Gasteiger partial charge in [-0.2, -0.15) is 0 Å². The molecule has 2 nitrogen and oxygen atoms in total. The Morgan fingerprint density at radius 1 is 1.10 bits per heavy atom. The summed E-state index contributed by atoms with van der Waals surface area (Å²) in [5.74, 6) is 0.306. The Morgan fingerprint density at radius 3 is 1.90 bits per heavy atom. The highest BCUT2D eigenvalue weighted by atomic mass is 35.5. The monoisotopic (exact) mass is 311 g/mol. The summed E-state index contributed by atoms with van der Waals surface area (Å²) in [5, 5.41) is 3.61. The number of rotatable bonds is 0. The van der Waals surface area contributed by atoms with Gasteiger partial charge in [0, 0.05) is 11.6 Å². The molecule has 3 rings (SSSR count). The van der Waals surface area contributed by atoms with Gasteiger partial charge in [0.25, 0.3) is 0 Å². The van der Waals surface area contributed by atoms with E-state index >= 15 is 0 Å². The Bertz CT molecular complexity index is 394. The molecule has 0 radical (unpaired) electrons. The Balaban J connectivity index is 0.000000311. The summed E-state index contributed by atoms with van der Waals surface area (Å²) < 4.78 is 0. The topological polar surface area (TPSA) is 29.1 Å². The summed E-state index contributed by atoms with van der Waals surface area (Å²) in [6.45, 7) is 11.0. The normalized spacial score (nSPS) is 17.0. The lowest BCUT2D eigenvalue weighted by molar-refractivity contribution is -0.139. The molecule has 1 N–H and O–H groups in total. The molecule has 1 saturated carbocycles. The lowest BCUT2D eigenvalue weighted by atomic mass is 9.79. The molecule has 0 bridgehead atoms. The van der Waals surface area contributed by atoms with Gasteiger partial charge in [0.1, 0.15) is 0 Å². The molecule has 1 saturated heterocycles. The zero-order chi connectivity index (χ0) is 16.3. The standard InChI is InChI=1S/C7H7Cl.C7H11NO.2C2H6/c1-6-3-2-4-7(8)5-6;9-6-7(5-8-6)3-1-2-4-7;2*1-2/h2-5H,1H3;1-5H2,(H,8,9);2*1-2H3. The summed E-state index contributed by atoms with van der Waals surface area (Å²) in [4.78, 5) is 10.9. The fourth-order valence-corrected chi connectivity index (χ4v) is 2.72. The van der Waals surface area contributed by atoms with Gasteiger partial charge in [-0.3, -0.25) is 4.79 Å². The number of hydrogen-bond acceptors (Lipinski definition) is 1. The summed E-state index contributed by atoms with van der Waals surface area (Å²) in [6.07, 6.45) is 4.79. The highest BCUT2D eigenvalue weighted by Gasteiger charge is 2.47. The average Bonchev–Trinajstić information content (AvgIpc) is 3.02. The predicted molar refractivity (Wildman–Crippen MR) is 92.8 cm³/mol. The van der Waals surface area contributed by atoms with Gasteiger partial charge in [0.05, 0.1) is 5.41 Å². The third-order valence-corrected chi connectivity index (χ3v) is 3.84. The molecule has 0 atom stereocenters. The van der Waals surface area contributed by atoms with Crippen LogP contribution in [0.5, 0.6) is 0 Å². The molecule has 2 fully saturated rings. The molecule has 21 heavy (non-hydrogen) atoms. The number of aryl methyl sites for hydroxylation is 1. The minimum atomic E-state index is 0.125. The van der Waals surface area contributed by atoms with Crippen molar-refractivity contribution in [3.8, 4) is 0 Å². The Kier molecular flexibility index (Phi) is 10.2. The van der Waals surface area contributed by atoms with Crippen LogP contribution in [-0.2, 0) is 4.79 Å². The molecule has 2 aliphatic rings. The van der Waals surface area contributed by atoms with Crippen molar-refractivity contribution >= 4 is 17.5 Å². The van der Waals surface area contributed by atoms with E-state index in [1.807, 2.05) is 58.9 Å². The molecule has 0 aromatic heterocycles. The number of nitrogens with one attached hydrogen (secondary N) is 1. The van der Waals surface area contributed by atoms with Gasteiger partial charge in [0.15, 0.2) is 0 Å². The van der Waals surface area contributed by atoms with Crippen LogP contribution in [0.2, 0.25) is 5.02 Å². The van der Waals surface area contributed by atoms with Crippen molar-refractivity contribution in [2.45, 2.75) is 60.3 Å². The average molecular weight is 312 g/mol. The maximum Gasteiger partial charge on any atom is 0.228 e. The van der Waals surface area contributed by atoms with E-state index in [1.54, 1.807) is 0 Å². The van der Waals surface area contributed by atoms with Gasteiger partial charge in [-0.15, -0.1) is 0 Å². The van der Waals surface area contributed by atoms with Gasteiger partial charge < -0.3 is 5.32 Å². The minimum absolute atomic E-state index is 0.125. The number of halogens is 1. The van der Waals surface area contributed by atoms with Crippen molar-refractivity contribution in [3.05, 3.63) is 34.9 Å². The van der Waals surface area contributed by atoms with Crippen molar-refractivity contribution < 1.29 is 4.79 Å². The summed E-state index contributed by atoms with van der Waals surface area (Å²) in [6, 6.07) is 7.76. The first-order valence-corrected chi connectivity index (χ1v) is 8.51. The van der Waals surface area contributed by atoms with Gasteiger partial charge in [-0.1, -0.05) is 64.3 Å². The first kappa shape index (κ1) is 20.0. The molecule has 1 aliphatic carbocycles. The highest BCUT2D eigenvalue weighted by molar-refractivity contribution is 6.30. The quantitative estimate of drug-likeness (QED) is 0.640. The van der Waals surface area contributed by atoms with Crippen LogP contribution in [0.15, 0.2) is 24.3 Å². The van der Waals surface area contributed by atoms with Gasteiger partial charge in [-0.25, -0.2) is 0 Å². The minimum Gasteiger partial charge on any atom is -0.354 e. The lowest BCUT2D eigenvalue weighted by Gasteiger charge is -2.37. The molecule has 1 aliphatic heterocycles. The number of hydrogen-bond donors (Lipinski definition) is 1. The fourth-order valence-electron chi connectivity index (χ4n) is 2.47. The Hall–Kier alpha value is -1.02. The van der Waals surface area contributed by atoms with E-state index in [-0.39, 0.29) is 5.41 Å². The molecule has 120 valence electrons. The highest BCUT2D eigenvalue weighted by Crippen LogP contribution is 2.41. The van der Waals surface area contributed by atoms with Gasteiger partial charge in [0.2, 0.25) is 5.91 Å². The van der Waals surface area contributed by atoms with Crippen molar-refractivity contribution in [1.29, 1.82) is 0 Å². The zero-order valence-electron chi connectivity index (χ0n) is 14.1. The third-order valence-electron chi connectivity index (χ3n) is 3.61. The molecule has 1 spiro atoms. The van der Waals surface area contributed by atoms with E-state index in [4.69, 9.17) is 11.6 Å². The predicted octanol–water partition coefficient (Wildman–Crippen LogP) is 5.38. The number of benzene rings is 1. The number of carbonyl (C=O) groups is 1. The van der Waals surface area contributed by atoms with Crippen LogP contribution in [0.4, 0.5) is 0 Å². The van der Waals surface area contributed by atoms with Crippen molar-refractivity contribution in [1.82, 2.24) is 5.32 Å². The van der Waals surface area contributed by atoms with E-state index in [0.717, 1.165) is 24.4 Å². The molecule has 1 amide bonds. The maximum atomic E-state index is 10.9. The molecule has 3 heteroatoms. The first-order chi connectivity index (χ1) is 10.1. The molecule has 0 unspecified atom stereocenters. The van der Waals surface area contributed by atoms with E-state index in [1.165, 1.54) is 18.4 Å². The number of amides is 1. The van der Waals surface area contributed by atoms with Crippen LogP contribution in [0.3, 0.4) is 0 Å². The van der Waals surface area contributed by atoms with Gasteiger partial charge in [-0.05, 0) is 37.5 Å². The summed E-state index contributed by atoms with van der Waals surface area (Å²) in [7, 11) is 0. The van der Waals surface area contributed by atoms with Crippen LogP contribution in [0, 0.1) is 12.3 Å². The second-order valence-corrected chi connectivity index (χ2v) is 5.41. The Labute approximate surface area is 135 Å². The third kappa shape index (κ3) is 6.09. The van der Waals surface area contributed by atoms with Crippen LogP contribution >= 0.6 is 11.6 Å². The lowest BCUT2D eigenvalue weighted by Crippen LogP contribution is -2.57. The molecular formula is C18H30ClNO. The summed E-state index contributed by atoms with van der Waals surface area (Å²) in [5.41, 5.74) is 1.33. The van der Waals surface area contributed by atoms with Crippen molar-refractivity contribution in [3.63, 3.8) is 0 Å². The van der Waals surface area contributed by atoms with E-state index in [9.17, 15) is 4.79 Å². The van der Waals surface area contributed by atoms with E-state index in [2.05, 4.69) is 5.32 Å². The largest absolute Gasteiger partial charge is 0.354 e. The number of carbonyl (C=O) groups excluding carboxylic acids is 1. The first-order valence-electron chi connectivity index (χ1n) is 8.13. The molecule has 1 aromatic rings. The zero-order valence-corrected chi connectivity index (χ0v) is 14.9. The second-order valence-electron chi connectivity index (χ2n) is 4.97. The maximum absolute atomic E-state index is 10.9. The van der Waals surface area contributed by atoms with Crippen molar-refractivity contribution in [2.75, 3.05) is 6.54 Å². The van der Waals surface area contributed by atoms with Crippen molar-refractivity contribution in [2.24, 2.45) is 5.41 Å². The van der Waals surface area contributed by atoms with E-state index in [0.29, 0.717) is 5.91 Å². The van der Waals surface area contributed by atoms with E-state index < -0.39 is 0 Å². The number of β-lactam (4-membered cyclic amide) rings is 1. The fraction of sp³-hybridized carbons (Fsp3) is 0.611. The SMILES string of the molecule is CC.CC.Cc1cccc(Cl)c1.O=C1NCC12CCCC2. The Morgan fingerprint density at radius 2 is 1.67 bits per heavy atom. The van der Waals surface area contributed by atoms with Crippen LogP contribution in [0.1, 0.15) is 58.9 Å². The smallest absolute Gasteiger partial charge is 0.228 e. The molecule has 1 heterocycles. The van der Waals surface area contributed by atoms with Crippen LogP contribution < -0.4 is 5.32 Å². The van der Waals surface area contributed by atoms with Gasteiger partial charge >= 0.3 is 0 Å².